The number of carbonyl (C=O) groups excluding carboxylic acids is 2. The molecule has 1 aliphatic rings. The zero-order chi connectivity index (χ0) is 26.8. The summed E-state index contributed by atoms with van der Waals surface area (Å²) < 4.78 is 1.87. The average Bonchev–Trinajstić information content (AvgIpc) is 3.48. The first-order chi connectivity index (χ1) is 18.3. The van der Waals surface area contributed by atoms with Gasteiger partial charge < -0.3 is 20.5 Å². The van der Waals surface area contributed by atoms with Crippen LogP contribution in [0.5, 0.6) is 0 Å². The van der Waals surface area contributed by atoms with Gasteiger partial charge in [0.05, 0.1) is 28.2 Å². The van der Waals surface area contributed by atoms with Crippen LogP contribution in [-0.2, 0) is 23.2 Å². The molecule has 0 radical (unpaired) electrons. The Balaban J connectivity index is 1.57. The number of amides is 2. The van der Waals surface area contributed by atoms with Gasteiger partial charge in [-0.15, -0.1) is 0 Å². The Morgan fingerprint density at radius 3 is 2.45 bits per heavy atom. The summed E-state index contributed by atoms with van der Waals surface area (Å²) >= 11 is 0. The molecule has 0 atom stereocenters. The molecule has 190 valence electrons. The summed E-state index contributed by atoms with van der Waals surface area (Å²) in [5.41, 5.74) is 5.72. The van der Waals surface area contributed by atoms with Crippen molar-refractivity contribution < 1.29 is 14.5 Å². The van der Waals surface area contributed by atoms with E-state index in [0.717, 1.165) is 22.5 Å². The van der Waals surface area contributed by atoms with E-state index in [1.165, 1.54) is 25.1 Å². The fourth-order valence-electron chi connectivity index (χ4n) is 4.24. The lowest BCUT2D eigenvalue weighted by Crippen LogP contribution is -2.18. The van der Waals surface area contributed by atoms with Crippen LogP contribution in [0.15, 0.2) is 79.3 Å². The summed E-state index contributed by atoms with van der Waals surface area (Å²) in [6, 6.07) is 19.3. The van der Waals surface area contributed by atoms with Crippen LogP contribution in [0, 0.1) is 10.1 Å². The van der Waals surface area contributed by atoms with Crippen molar-refractivity contribution in [1.29, 1.82) is 0 Å². The number of hydrogen-bond acceptors (Lipinski definition) is 6. The molecule has 3 N–H and O–H groups in total. The monoisotopic (exact) mass is 508 g/mol. The molecule has 5 rings (SSSR count). The van der Waals surface area contributed by atoms with Crippen molar-refractivity contribution in [3.63, 3.8) is 0 Å². The minimum Gasteiger partial charge on any atom is -0.354 e. The Bertz CT molecular complexity index is 1590. The highest BCUT2D eigenvalue weighted by atomic mass is 16.6. The van der Waals surface area contributed by atoms with Gasteiger partial charge in [0.15, 0.2) is 0 Å². The third kappa shape index (κ3) is 5.00. The third-order valence-corrected chi connectivity index (χ3v) is 6.15. The highest BCUT2D eigenvalue weighted by Crippen LogP contribution is 2.39. The van der Waals surface area contributed by atoms with Crippen molar-refractivity contribution in [2.45, 2.75) is 13.5 Å². The second kappa shape index (κ2) is 10.0. The molecule has 10 heteroatoms. The molecular formula is C28H24N6O4. The van der Waals surface area contributed by atoms with E-state index < -0.39 is 4.92 Å². The van der Waals surface area contributed by atoms with Gasteiger partial charge in [-0.05, 0) is 29.3 Å². The Morgan fingerprint density at radius 2 is 1.82 bits per heavy atom. The largest absolute Gasteiger partial charge is 0.354 e. The highest BCUT2D eigenvalue weighted by molar-refractivity contribution is 6.37. The molecule has 4 aromatic rings. The maximum atomic E-state index is 13.2. The number of imidazole rings is 1. The fourth-order valence-corrected chi connectivity index (χ4v) is 4.24. The fraction of sp³-hybridized carbons (Fsp3) is 0.107. The van der Waals surface area contributed by atoms with Gasteiger partial charge in [0.1, 0.15) is 0 Å². The summed E-state index contributed by atoms with van der Waals surface area (Å²) in [7, 11) is 1.90. The molecule has 38 heavy (non-hydrogen) atoms. The molecule has 10 nitrogen and oxygen atoms in total. The van der Waals surface area contributed by atoms with Crippen molar-refractivity contribution in [2.24, 2.45) is 7.05 Å². The second-order valence-corrected chi connectivity index (χ2v) is 8.92. The quantitative estimate of drug-likeness (QED) is 0.190. The summed E-state index contributed by atoms with van der Waals surface area (Å²) in [5.74, 6) is -0.496. The van der Waals surface area contributed by atoms with E-state index in [4.69, 9.17) is 0 Å². The number of nitrogens with zero attached hydrogens (tertiary/aromatic N) is 3. The van der Waals surface area contributed by atoms with E-state index in [1.54, 1.807) is 6.33 Å². The number of fused-ring (bicyclic) bond motifs is 1. The van der Waals surface area contributed by atoms with Crippen molar-refractivity contribution in [1.82, 2.24) is 14.9 Å². The van der Waals surface area contributed by atoms with Gasteiger partial charge in [0, 0.05) is 61.3 Å². The van der Waals surface area contributed by atoms with Crippen LogP contribution in [0.25, 0.3) is 22.5 Å². The Labute approximate surface area is 218 Å². The van der Waals surface area contributed by atoms with Gasteiger partial charge in [0.25, 0.3) is 11.6 Å². The van der Waals surface area contributed by atoms with Crippen LogP contribution < -0.4 is 16.0 Å². The standard InChI is InChI=1S/C28H24N6O4/c1-17(35)29-14-18-3-5-20(6-4-18)27(26-23-13-22(34(37)38)11-12-24(23)32-28(26)36)31-21-9-7-19(8-10-21)25-15-33(2)16-30-25/h3-13,15-16,31H,14H2,1-2H3,(H,29,35)(H,32,36)/b27-26-. The molecule has 0 fully saturated rings. The lowest BCUT2D eigenvalue weighted by molar-refractivity contribution is -0.384. The number of non-ortho nitro benzene ring substituents is 1. The number of benzene rings is 3. The molecule has 1 aromatic heterocycles. The Morgan fingerprint density at radius 1 is 1.08 bits per heavy atom. The molecule has 0 saturated heterocycles. The number of nitro groups is 1. The first-order valence-corrected chi connectivity index (χ1v) is 11.8. The number of aromatic nitrogens is 2. The SMILES string of the molecule is CC(=O)NCc1ccc(/C(Nc2ccc(-c3cn(C)cn3)cc2)=C2/C(=O)Nc3ccc([N+](=O)[O-])cc32)cc1. The van der Waals surface area contributed by atoms with Crippen LogP contribution in [0.1, 0.15) is 23.6 Å². The molecule has 1 aliphatic heterocycles. The molecule has 2 amide bonds. The summed E-state index contributed by atoms with van der Waals surface area (Å²) in [6.07, 6.45) is 3.65. The topological polar surface area (TPSA) is 131 Å². The smallest absolute Gasteiger partial charge is 0.270 e. The van der Waals surface area contributed by atoms with Gasteiger partial charge in [-0.1, -0.05) is 36.4 Å². The van der Waals surface area contributed by atoms with Crippen molar-refractivity contribution in [3.8, 4) is 11.3 Å². The van der Waals surface area contributed by atoms with Gasteiger partial charge in [-0.25, -0.2) is 4.98 Å². The van der Waals surface area contributed by atoms with Crippen molar-refractivity contribution in [2.75, 3.05) is 10.6 Å². The zero-order valence-corrected chi connectivity index (χ0v) is 20.7. The first kappa shape index (κ1) is 24.4. The minimum atomic E-state index is -0.485. The van der Waals surface area contributed by atoms with Crippen LogP contribution in [0.4, 0.5) is 17.1 Å². The number of nitrogens with one attached hydrogen (secondary N) is 3. The van der Waals surface area contributed by atoms with E-state index in [1.807, 2.05) is 66.3 Å². The second-order valence-electron chi connectivity index (χ2n) is 8.92. The first-order valence-electron chi connectivity index (χ1n) is 11.8. The van der Waals surface area contributed by atoms with Gasteiger partial charge in [-0.3, -0.25) is 19.7 Å². The van der Waals surface area contributed by atoms with Crippen molar-refractivity contribution in [3.05, 3.63) is 106 Å². The Hall–Kier alpha value is -5.25. The maximum Gasteiger partial charge on any atom is 0.270 e. The third-order valence-electron chi connectivity index (χ3n) is 6.15. The van der Waals surface area contributed by atoms with Gasteiger partial charge >= 0.3 is 0 Å². The molecule has 0 aliphatic carbocycles. The van der Waals surface area contributed by atoms with E-state index >= 15 is 0 Å². The molecule has 0 saturated carbocycles. The van der Waals surface area contributed by atoms with E-state index in [0.29, 0.717) is 34.6 Å². The number of nitro benzene ring substituents is 1. The van der Waals surface area contributed by atoms with Crippen LogP contribution in [0.2, 0.25) is 0 Å². The summed E-state index contributed by atoms with van der Waals surface area (Å²) in [6.45, 7) is 1.83. The molecule has 3 aromatic carbocycles. The normalized spacial score (nSPS) is 13.5. The lowest BCUT2D eigenvalue weighted by Gasteiger charge is -2.16. The minimum absolute atomic E-state index is 0.109. The van der Waals surface area contributed by atoms with E-state index in [9.17, 15) is 19.7 Å². The predicted molar refractivity (Wildman–Crippen MR) is 145 cm³/mol. The summed E-state index contributed by atoms with van der Waals surface area (Å²) in [4.78, 5) is 39.8. The number of carbonyl (C=O) groups is 2. The number of hydrogen-bond donors (Lipinski definition) is 3. The predicted octanol–water partition coefficient (Wildman–Crippen LogP) is 4.56. The van der Waals surface area contributed by atoms with Crippen LogP contribution in [-0.4, -0.2) is 26.3 Å². The Kier molecular flexibility index (Phi) is 6.44. The molecular weight excluding hydrogens is 484 g/mol. The van der Waals surface area contributed by atoms with Crippen LogP contribution in [0.3, 0.4) is 0 Å². The van der Waals surface area contributed by atoms with E-state index in [-0.39, 0.29) is 17.5 Å². The van der Waals surface area contributed by atoms with Gasteiger partial charge in [-0.2, -0.15) is 0 Å². The van der Waals surface area contributed by atoms with Gasteiger partial charge in [0.2, 0.25) is 5.91 Å². The molecule has 2 heterocycles. The number of rotatable bonds is 7. The lowest BCUT2D eigenvalue weighted by atomic mass is 9.98. The highest BCUT2D eigenvalue weighted by Gasteiger charge is 2.30. The van der Waals surface area contributed by atoms with Crippen molar-refractivity contribution >= 4 is 40.1 Å². The average molecular weight is 509 g/mol. The summed E-state index contributed by atoms with van der Waals surface area (Å²) in [5, 5.41) is 20.4. The van der Waals surface area contributed by atoms with Crippen LogP contribution >= 0.6 is 0 Å². The zero-order valence-electron chi connectivity index (χ0n) is 20.7. The molecule has 0 unspecified atom stereocenters. The van der Waals surface area contributed by atoms with E-state index in [2.05, 4.69) is 20.9 Å². The number of aryl methyl sites for hydroxylation is 1. The molecule has 0 spiro atoms. The molecule has 0 bridgehead atoms. The maximum absolute atomic E-state index is 13.2. The number of anilines is 2.